The van der Waals surface area contributed by atoms with Crippen LogP contribution in [0.5, 0.6) is 0 Å². The molecule has 160 valence electrons. The second-order valence-corrected chi connectivity index (χ2v) is 8.46. The van der Waals surface area contributed by atoms with Crippen molar-refractivity contribution in [3.05, 3.63) is 51.6 Å². The minimum Gasteiger partial charge on any atom is -0.478 e. The van der Waals surface area contributed by atoms with Gasteiger partial charge in [0.2, 0.25) is 5.91 Å². The SMILES string of the molecule is O=C(O)c1ccc(-c2ccc(/C=C3\SC(=O)N(CC(=O)N4CCCC4)C3=O)o2)cc1Cl. The number of carboxylic acid groups (broad SMARTS) is 1. The summed E-state index contributed by atoms with van der Waals surface area (Å²) < 4.78 is 5.72. The van der Waals surface area contributed by atoms with E-state index < -0.39 is 17.1 Å². The molecular formula is C21H17ClN2O6S. The summed E-state index contributed by atoms with van der Waals surface area (Å²) in [5.74, 6) is -1.13. The van der Waals surface area contributed by atoms with Gasteiger partial charge in [0.25, 0.3) is 11.1 Å². The van der Waals surface area contributed by atoms with Gasteiger partial charge in [-0.05, 0) is 48.9 Å². The number of furan rings is 1. The molecule has 2 saturated heterocycles. The van der Waals surface area contributed by atoms with Crippen LogP contribution in [0.1, 0.15) is 29.0 Å². The predicted octanol–water partition coefficient (Wildman–Crippen LogP) is 3.96. The number of amides is 3. The Kier molecular flexibility index (Phi) is 5.88. The number of hydrogen-bond acceptors (Lipinski definition) is 6. The van der Waals surface area contributed by atoms with E-state index in [2.05, 4.69) is 0 Å². The van der Waals surface area contributed by atoms with E-state index in [-0.39, 0.29) is 27.9 Å². The molecule has 2 aliphatic rings. The molecular weight excluding hydrogens is 444 g/mol. The Morgan fingerprint density at radius 3 is 2.58 bits per heavy atom. The third-order valence-electron chi connectivity index (χ3n) is 5.01. The first-order valence-corrected chi connectivity index (χ1v) is 10.7. The number of halogens is 1. The highest BCUT2D eigenvalue weighted by molar-refractivity contribution is 8.18. The summed E-state index contributed by atoms with van der Waals surface area (Å²) in [6.07, 6.45) is 3.30. The maximum Gasteiger partial charge on any atom is 0.337 e. The van der Waals surface area contributed by atoms with Gasteiger partial charge in [-0.3, -0.25) is 19.3 Å². The molecule has 0 aliphatic carbocycles. The Balaban J connectivity index is 1.49. The lowest BCUT2D eigenvalue weighted by Crippen LogP contribution is -2.40. The monoisotopic (exact) mass is 460 g/mol. The number of likely N-dealkylation sites (tertiary alicyclic amines) is 1. The van der Waals surface area contributed by atoms with Crippen LogP contribution in [0.4, 0.5) is 4.79 Å². The highest BCUT2D eigenvalue weighted by Gasteiger charge is 2.37. The second-order valence-electron chi connectivity index (χ2n) is 7.06. The molecule has 31 heavy (non-hydrogen) atoms. The number of nitrogens with zero attached hydrogens (tertiary/aromatic N) is 2. The fraction of sp³-hybridized carbons (Fsp3) is 0.238. The number of carbonyl (C=O) groups excluding carboxylic acids is 3. The maximum absolute atomic E-state index is 12.6. The van der Waals surface area contributed by atoms with Crippen molar-refractivity contribution in [1.29, 1.82) is 0 Å². The summed E-state index contributed by atoms with van der Waals surface area (Å²) in [7, 11) is 0. The minimum absolute atomic E-state index is 0.0191. The quantitative estimate of drug-likeness (QED) is 0.673. The summed E-state index contributed by atoms with van der Waals surface area (Å²) in [5, 5.41) is 8.65. The smallest absolute Gasteiger partial charge is 0.337 e. The van der Waals surface area contributed by atoms with E-state index in [9.17, 15) is 19.2 Å². The van der Waals surface area contributed by atoms with E-state index >= 15 is 0 Å². The third-order valence-corrected chi connectivity index (χ3v) is 6.23. The number of hydrogen-bond donors (Lipinski definition) is 1. The summed E-state index contributed by atoms with van der Waals surface area (Å²) in [6.45, 7) is 1.04. The molecule has 3 amide bonds. The van der Waals surface area contributed by atoms with Gasteiger partial charge in [0.15, 0.2) is 0 Å². The fourth-order valence-corrected chi connectivity index (χ4v) is 4.47. The number of carbonyl (C=O) groups is 4. The first-order chi connectivity index (χ1) is 14.8. The summed E-state index contributed by atoms with van der Waals surface area (Å²) >= 11 is 6.76. The van der Waals surface area contributed by atoms with Crippen molar-refractivity contribution in [1.82, 2.24) is 9.80 Å². The second kappa shape index (κ2) is 8.60. The Morgan fingerprint density at radius 1 is 1.16 bits per heavy atom. The van der Waals surface area contributed by atoms with Crippen molar-refractivity contribution in [2.45, 2.75) is 12.8 Å². The van der Waals surface area contributed by atoms with Gasteiger partial charge in [-0.2, -0.15) is 0 Å². The molecule has 0 saturated carbocycles. The van der Waals surface area contributed by atoms with Crippen molar-refractivity contribution in [3.8, 4) is 11.3 Å². The highest BCUT2D eigenvalue weighted by Crippen LogP contribution is 2.34. The molecule has 4 rings (SSSR count). The average Bonchev–Trinajstić information content (AvgIpc) is 3.46. The van der Waals surface area contributed by atoms with E-state index in [1.54, 1.807) is 23.1 Å². The largest absolute Gasteiger partial charge is 0.478 e. The molecule has 10 heteroatoms. The normalized spacial score (nSPS) is 17.8. The number of thioether (sulfide) groups is 1. The van der Waals surface area contributed by atoms with Crippen molar-refractivity contribution in [3.63, 3.8) is 0 Å². The molecule has 2 aromatic rings. The van der Waals surface area contributed by atoms with Gasteiger partial charge < -0.3 is 14.4 Å². The first-order valence-electron chi connectivity index (χ1n) is 9.49. The molecule has 2 fully saturated rings. The van der Waals surface area contributed by atoms with Crippen LogP contribution in [-0.2, 0) is 9.59 Å². The molecule has 8 nitrogen and oxygen atoms in total. The van der Waals surface area contributed by atoms with Crippen molar-refractivity contribution in [2.24, 2.45) is 0 Å². The van der Waals surface area contributed by atoms with Gasteiger partial charge in [0.05, 0.1) is 15.5 Å². The average molecular weight is 461 g/mol. The highest BCUT2D eigenvalue weighted by atomic mass is 35.5. The first kappa shape index (κ1) is 21.2. The predicted molar refractivity (Wildman–Crippen MR) is 115 cm³/mol. The zero-order valence-corrected chi connectivity index (χ0v) is 17.7. The van der Waals surface area contributed by atoms with Gasteiger partial charge in [-0.1, -0.05) is 17.7 Å². The molecule has 0 unspecified atom stereocenters. The number of benzene rings is 1. The van der Waals surface area contributed by atoms with Crippen LogP contribution >= 0.6 is 23.4 Å². The van der Waals surface area contributed by atoms with Gasteiger partial charge in [0, 0.05) is 24.7 Å². The van der Waals surface area contributed by atoms with Crippen molar-refractivity contribution in [2.75, 3.05) is 19.6 Å². The number of imide groups is 1. The molecule has 2 aliphatic heterocycles. The topological polar surface area (TPSA) is 108 Å². The van der Waals surface area contributed by atoms with Crippen LogP contribution in [-0.4, -0.2) is 57.6 Å². The molecule has 0 atom stereocenters. The number of aromatic carboxylic acids is 1. The standard InChI is InChI=1S/C21H17ClN2O6S/c22-15-9-12(3-5-14(15)20(27)28)16-6-4-13(30-16)10-17-19(26)24(21(29)31-17)11-18(25)23-7-1-2-8-23/h3-6,9-10H,1-2,7-8,11H2,(H,27,28)/b17-10-. The zero-order valence-electron chi connectivity index (χ0n) is 16.2. The summed E-state index contributed by atoms with van der Waals surface area (Å²) in [4.78, 5) is 51.0. The molecule has 1 aromatic carbocycles. The van der Waals surface area contributed by atoms with Crippen molar-refractivity contribution >= 4 is 52.5 Å². The number of carboxylic acids is 1. The lowest BCUT2D eigenvalue weighted by atomic mass is 10.1. The Bertz CT molecular complexity index is 1120. The van der Waals surface area contributed by atoms with Crippen LogP contribution in [0.3, 0.4) is 0 Å². The zero-order chi connectivity index (χ0) is 22.1. The van der Waals surface area contributed by atoms with Crippen molar-refractivity contribution < 1.29 is 28.7 Å². The van der Waals surface area contributed by atoms with E-state index in [1.807, 2.05) is 0 Å². The fourth-order valence-electron chi connectivity index (χ4n) is 3.39. The van der Waals surface area contributed by atoms with Crippen LogP contribution in [0, 0.1) is 0 Å². The van der Waals surface area contributed by atoms with Gasteiger partial charge in [-0.25, -0.2) is 4.79 Å². The lowest BCUT2D eigenvalue weighted by molar-refractivity contribution is -0.135. The van der Waals surface area contributed by atoms with Crippen LogP contribution < -0.4 is 0 Å². The number of rotatable bonds is 5. The Hall–Kier alpha value is -3.04. The van der Waals surface area contributed by atoms with E-state index in [1.165, 1.54) is 18.2 Å². The van der Waals surface area contributed by atoms with Crippen LogP contribution in [0.25, 0.3) is 17.4 Å². The van der Waals surface area contributed by atoms with Gasteiger partial charge in [-0.15, -0.1) is 0 Å². The summed E-state index contributed by atoms with van der Waals surface area (Å²) in [5.41, 5.74) is 0.549. The molecule has 3 heterocycles. The van der Waals surface area contributed by atoms with Gasteiger partial charge >= 0.3 is 5.97 Å². The van der Waals surface area contributed by atoms with Gasteiger partial charge in [0.1, 0.15) is 18.1 Å². The molecule has 0 radical (unpaired) electrons. The molecule has 1 aromatic heterocycles. The molecule has 0 spiro atoms. The van der Waals surface area contributed by atoms with Crippen LogP contribution in [0.2, 0.25) is 5.02 Å². The molecule has 1 N–H and O–H groups in total. The Labute approximate surface area is 186 Å². The molecule has 0 bridgehead atoms. The van der Waals surface area contributed by atoms with Crippen LogP contribution in [0.15, 0.2) is 39.7 Å². The summed E-state index contributed by atoms with van der Waals surface area (Å²) in [6, 6.07) is 7.70. The maximum atomic E-state index is 12.6. The lowest BCUT2D eigenvalue weighted by Gasteiger charge is -2.18. The third kappa shape index (κ3) is 4.38. The van der Waals surface area contributed by atoms with E-state index in [4.69, 9.17) is 21.1 Å². The van der Waals surface area contributed by atoms with E-state index in [0.717, 1.165) is 29.5 Å². The Morgan fingerprint density at radius 2 is 1.90 bits per heavy atom. The minimum atomic E-state index is -1.13. The van der Waals surface area contributed by atoms with E-state index in [0.29, 0.717) is 30.2 Å².